The molecule has 1 aliphatic heterocycles. The average Bonchev–Trinajstić information content (AvgIpc) is 3.25. The number of hydrogen-bond acceptors (Lipinski definition) is 3. The number of piperazine rings is 1. The van der Waals surface area contributed by atoms with Gasteiger partial charge < -0.3 is 10.1 Å². The summed E-state index contributed by atoms with van der Waals surface area (Å²) >= 11 is 0. The molecule has 0 aromatic heterocycles. The van der Waals surface area contributed by atoms with Crippen LogP contribution in [-0.2, 0) is 0 Å². The molecule has 0 amide bonds. The standard InChI is InChI=1S/C15H21FN2O/c1-19-15-12(3-2-4-13(15)16)14(11-5-6-11)18-9-7-17-8-10-18/h2-4,11,14,17H,5-10H2,1H3/t14-/m0/s1. The van der Waals surface area contributed by atoms with E-state index in [4.69, 9.17) is 4.74 Å². The van der Waals surface area contributed by atoms with E-state index in [1.165, 1.54) is 18.9 Å². The van der Waals surface area contributed by atoms with Gasteiger partial charge in [-0.3, -0.25) is 4.90 Å². The molecule has 0 bridgehead atoms. The summed E-state index contributed by atoms with van der Waals surface area (Å²) in [6.07, 6.45) is 2.49. The van der Waals surface area contributed by atoms with Crippen LogP contribution >= 0.6 is 0 Å². The second kappa shape index (κ2) is 5.47. The minimum atomic E-state index is -0.249. The smallest absolute Gasteiger partial charge is 0.165 e. The van der Waals surface area contributed by atoms with Gasteiger partial charge in [0.15, 0.2) is 11.6 Å². The van der Waals surface area contributed by atoms with E-state index in [0.29, 0.717) is 17.7 Å². The third kappa shape index (κ3) is 2.60. The molecule has 3 nitrogen and oxygen atoms in total. The molecule has 1 aliphatic carbocycles. The number of halogens is 1. The number of hydrogen-bond donors (Lipinski definition) is 1. The first-order valence-electron chi connectivity index (χ1n) is 7.08. The molecule has 4 heteroatoms. The molecule has 104 valence electrons. The highest BCUT2D eigenvalue weighted by atomic mass is 19.1. The summed E-state index contributed by atoms with van der Waals surface area (Å²) in [5.41, 5.74) is 1.02. The van der Waals surface area contributed by atoms with E-state index in [2.05, 4.69) is 10.2 Å². The maximum Gasteiger partial charge on any atom is 0.165 e. The average molecular weight is 264 g/mol. The Morgan fingerprint density at radius 3 is 2.68 bits per heavy atom. The largest absolute Gasteiger partial charge is 0.493 e. The van der Waals surface area contributed by atoms with Gasteiger partial charge in [0.25, 0.3) is 0 Å². The van der Waals surface area contributed by atoms with Gasteiger partial charge in [-0.05, 0) is 24.8 Å². The van der Waals surface area contributed by atoms with Gasteiger partial charge in [0, 0.05) is 37.8 Å². The van der Waals surface area contributed by atoms with Crippen LogP contribution in [0.25, 0.3) is 0 Å². The summed E-state index contributed by atoms with van der Waals surface area (Å²) in [5, 5.41) is 3.37. The van der Waals surface area contributed by atoms with Crippen LogP contribution in [-0.4, -0.2) is 38.2 Å². The van der Waals surface area contributed by atoms with Gasteiger partial charge >= 0.3 is 0 Å². The van der Waals surface area contributed by atoms with Crippen LogP contribution in [0.15, 0.2) is 18.2 Å². The van der Waals surface area contributed by atoms with Crippen molar-refractivity contribution in [2.75, 3.05) is 33.3 Å². The van der Waals surface area contributed by atoms with Crippen molar-refractivity contribution in [3.05, 3.63) is 29.6 Å². The first kappa shape index (κ1) is 12.9. The Kier molecular flexibility index (Phi) is 3.71. The molecule has 1 saturated heterocycles. The van der Waals surface area contributed by atoms with Gasteiger partial charge in [0.1, 0.15) is 0 Å². The van der Waals surface area contributed by atoms with Crippen LogP contribution < -0.4 is 10.1 Å². The highest BCUT2D eigenvalue weighted by Gasteiger charge is 2.38. The maximum atomic E-state index is 13.9. The molecule has 0 spiro atoms. The minimum absolute atomic E-state index is 0.249. The van der Waals surface area contributed by atoms with Crippen LogP contribution in [0.3, 0.4) is 0 Å². The van der Waals surface area contributed by atoms with Crippen molar-refractivity contribution >= 4 is 0 Å². The van der Waals surface area contributed by atoms with Gasteiger partial charge in [0.05, 0.1) is 7.11 Å². The van der Waals surface area contributed by atoms with Crippen molar-refractivity contribution < 1.29 is 9.13 Å². The van der Waals surface area contributed by atoms with E-state index in [1.54, 1.807) is 13.2 Å². The van der Waals surface area contributed by atoms with Crippen molar-refractivity contribution in [2.45, 2.75) is 18.9 Å². The zero-order chi connectivity index (χ0) is 13.2. The molecule has 1 aromatic carbocycles. The second-order valence-electron chi connectivity index (χ2n) is 5.43. The number of methoxy groups -OCH3 is 1. The molecule has 3 rings (SSSR count). The zero-order valence-electron chi connectivity index (χ0n) is 11.4. The Balaban J connectivity index is 1.93. The van der Waals surface area contributed by atoms with Gasteiger partial charge in [0.2, 0.25) is 0 Å². The summed E-state index contributed by atoms with van der Waals surface area (Å²) in [5.74, 6) is 0.840. The van der Waals surface area contributed by atoms with E-state index in [-0.39, 0.29) is 5.82 Å². The molecular formula is C15H21FN2O. The van der Waals surface area contributed by atoms with E-state index >= 15 is 0 Å². The molecule has 1 atom stereocenters. The SMILES string of the molecule is COc1c(F)cccc1[C@H](C1CC1)N1CCNCC1. The van der Waals surface area contributed by atoms with Crippen molar-refractivity contribution in [3.63, 3.8) is 0 Å². The van der Waals surface area contributed by atoms with Gasteiger partial charge in [-0.1, -0.05) is 12.1 Å². The molecule has 2 aliphatic rings. The summed E-state index contributed by atoms with van der Waals surface area (Å²) in [6.45, 7) is 4.09. The van der Waals surface area contributed by atoms with Crippen molar-refractivity contribution in [2.24, 2.45) is 5.92 Å². The number of rotatable bonds is 4. The molecule has 1 heterocycles. The highest BCUT2D eigenvalue weighted by Crippen LogP contribution is 2.47. The van der Waals surface area contributed by atoms with E-state index in [1.807, 2.05) is 6.07 Å². The predicted molar refractivity (Wildman–Crippen MR) is 72.9 cm³/mol. The Morgan fingerprint density at radius 2 is 2.05 bits per heavy atom. The molecule has 0 unspecified atom stereocenters. The van der Waals surface area contributed by atoms with Crippen molar-refractivity contribution in [1.82, 2.24) is 10.2 Å². The lowest BCUT2D eigenvalue weighted by atomic mass is 9.98. The maximum absolute atomic E-state index is 13.9. The molecule has 1 saturated carbocycles. The molecule has 2 fully saturated rings. The Labute approximate surface area is 113 Å². The van der Waals surface area contributed by atoms with Gasteiger partial charge in [-0.15, -0.1) is 0 Å². The zero-order valence-corrected chi connectivity index (χ0v) is 11.4. The Hall–Kier alpha value is -1.13. The monoisotopic (exact) mass is 264 g/mol. The van der Waals surface area contributed by atoms with Crippen molar-refractivity contribution in [1.29, 1.82) is 0 Å². The van der Waals surface area contributed by atoms with Crippen LogP contribution in [0.1, 0.15) is 24.4 Å². The lowest BCUT2D eigenvalue weighted by Gasteiger charge is -2.36. The minimum Gasteiger partial charge on any atom is -0.493 e. The predicted octanol–water partition coefficient (Wildman–Crippen LogP) is 2.19. The van der Waals surface area contributed by atoms with E-state index in [9.17, 15) is 4.39 Å². The molecule has 0 radical (unpaired) electrons. The fourth-order valence-corrected chi connectivity index (χ4v) is 3.09. The summed E-state index contributed by atoms with van der Waals surface area (Å²) in [7, 11) is 1.56. The quantitative estimate of drug-likeness (QED) is 0.902. The highest BCUT2D eigenvalue weighted by molar-refractivity contribution is 5.38. The Bertz CT molecular complexity index is 442. The van der Waals surface area contributed by atoms with E-state index < -0.39 is 0 Å². The summed E-state index contributed by atoms with van der Waals surface area (Å²) in [4.78, 5) is 2.48. The number of ether oxygens (including phenoxy) is 1. The van der Waals surface area contributed by atoms with Crippen LogP contribution in [0.2, 0.25) is 0 Å². The molecule has 1 N–H and O–H groups in total. The summed E-state index contributed by atoms with van der Waals surface area (Å²) < 4.78 is 19.2. The topological polar surface area (TPSA) is 24.5 Å². The van der Waals surface area contributed by atoms with Crippen LogP contribution in [0.5, 0.6) is 5.75 Å². The third-order valence-corrected chi connectivity index (χ3v) is 4.13. The number of para-hydroxylation sites is 1. The third-order valence-electron chi connectivity index (χ3n) is 4.13. The number of nitrogens with zero attached hydrogens (tertiary/aromatic N) is 1. The normalized spacial score (nSPS) is 22.2. The second-order valence-corrected chi connectivity index (χ2v) is 5.43. The molecule has 1 aromatic rings. The van der Waals surface area contributed by atoms with Gasteiger partial charge in [-0.2, -0.15) is 0 Å². The summed E-state index contributed by atoms with van der Waals surface area (Å²) in [6, 6.07) is 5.61. The van der Waals surface area contributed by atoms with Crippen LogP contribution in [0, 0.1) is 11.7 Å². The molecular weight excluding hydrogens is 243 g/mol. The lowest BCUT2D eigenvalue weighted by Crippen LogP contribution is -2.45. The first-order valence-corrected chi connectivity index (χ1v) is 7.08. The number of benzene rings is 1. The van der Waals surface area contributed by atoms with Gasteiger partial charge in [-0.25, -0.2) is 4.39 Å². The van der Waals surface area contributed by atoms with Crippen molar-refractivity contribution in [3.8, 4) is 5.75 Å². The fourth-order valence-electron chi connectivity index (χ4n) is 3.09. The first-order chi connectivity index (χ1) is 9.31. The number of nitrogens with one attached hydrogen (secondary N) is 1. The fraction of sp³-hybridized carbons (Fsp3) is 0.600. The van der Waals surface area contributed by atoms with E-state index in [0.717, 1.165) is 31.7 Å². The van der Waals surface area contributed by atoms with Crippen LogP contribution in [0.4, 0.5) is 4.39 Å². The molecule has 19 heavy (non-hydrogen) atoms. The Morgan fingerprint density at radius 1 is 1.32 bits per heavy atom. The lowest BCUT2D eigenvalue weighted by molar-refractivity contribution is 0.153.